The molecule has 0 radical (unpaired) electrons. The van der Waals surface area contributed by atoms with E-state index in [4.69, 9.17) is 0 Å². The molecule has 1 aliphatic rings. The monoisotopic (exact) mass is 341 g/mol. The summed E-state index contributed by atoms with van der Waals surface area (Å²) in [5.74, 6) is -0.0311. The second-order valence-corrected chi connectivity index (χ2v) is 6.33. The van der Waals surface area contributed by atoms with E-state index in [1.54, 1.807) is 24.4 Å². The fourth-order valence-corrected chi connectivity index (χ4v) is 3.62. The molecule has 1 amide bonds. The van der Waals surface area contributed by atoms with Crippen LogP contribution in [0.1, 0.15) is 23.2 Å². The first-order valence-electron chi connectivity index (χ1n) is 7.78. The molecule has 0 spiro atoms. The summed E-state index contributed by atoms with van der Waals surface area (Å²) in [6.07, 6.45) is 3.39. The molecule has 2 aromatic heterocycles. The van der Waals surface area contributed by atoms with Crippen molar-refractivity contribution >= 4 is 28.7 Å². The molecule has 3 aromatic rings. The zero-order valence-electron chi connectivity index (χ0n) is 12.8. The maximum atomic E-state index is 12.9. The molecule has 1 saturated heterocycles. The highest BCUT2D eigenvalue weighted by Crippen LogP contribution is 2.22. The van der Waals surface area contributed by atoms with E-state index in [-0.39, 0.29) is 17.5 Å². The van der Waals surface area contributed by atoms with Gasteiger partial charge >= 0.3 is 0 Å². The van der Waals surface area contributed by atoms with Gasteiger partial charge in [0.2, 0.25) is 0 Å². The Kier molecular flexibility index (Phi) is 3.81. The largest absolute Gasteiger partial charge is 0.334 e. The molecule has 1 aromatic carbocycles. The third-order valence-electron chi connectivity index (χ3n) is 4.31. The molecular weight excluding hydrogens is 326 g/mol. The van der Waals surface area contributed by atoms with Crippen LogP contribution in [0.15, 0.2) is 41.3 Å². The number of likely N-dealkylation sites (tertiary alicyclic amines) is 1. The summed E-state index contributed by atoms with van der Waals surface area (Å²) in [6, 6.07) is 8.47. The number of fused-ring (bicyclic) bond motifs is 1. The lowest BCUT2D eigenvalue weighted by molar-refractivity contribution is 0.0720. The predicted molar refractivity (Wildman–Crippen MR) is 90.0 cm³/mol. The molecule has 24 heavy (non-hydrogen) atoms. The molecule has 4 rings (SSSR count). The normalized spacial score (nSPS) is 17.5. The minimum Gasteiger partial charge on any atom is -0.334 e. The number of hydrogen-bond donors (Lipinski definition) is 0. The van der Waals surface area contributed by atoms with Gasteiger partial charge in [-0.25, -0.2) is 4.68 Å². The van der Waals surface area contributed by atoms with Crippen molar-refractivity contribution in [1.29, 1.82) is 0 Å². The van der Waals surface area contributed by atoms with Crippen molar-refractivity contribution in [3.8, 4) is 0 Å². The van der Waals surface area contributed by atoms with Gasteiger partial charge in [0, 0.05) is 24.4 Å². The summed E-state index contributed by atoms with van der Waals surface area (Å²) in [5.41, 5.74) is 2.00. The lowest BCUT2D eigenvalue weighted by Gasteiger charge is -2.25. The second-order valence-electron chi connectivity index (χ2n) is 5.81. The van der Waals surface area contributed by atoms with Crippen molar-refractivity contribution in [3.63, 3.8) is 0 Å². The summed E-state index contributed by atoms with van der Waals surface area (Å²) >= 11 is 1.14. The van der Waals surface area contributed by atoms with Crippen LogP contribution < -0.4 is 5.56 Å². The van der Waals surface area contributed by atoms with Gasteiger partial charge in [-0.05, 0) is 37.1 Å². The average Bonchev–Trinajstić information content (AvgIpc) is 3.24. The Labute approximate surface area is 141 Å². The highest BCUT2D eigenvalue weighted by molar-refractivity contribution is 7.00. The van der Waals surface area contributed by atoms with Crippen molar-refractivity contribution in [2.24, 2.45) is 0 Å². The van der Waals surface area contributed by atoms with Crippen LogP contribution in [0.3, 0.4) is 0 Å². The van der Waals surface area contributed by atoms with E-state index >= 15 is 0 Å². The molecule has 1 atom stereocenters. The van der Waals surface area contributed by atoms with Gasteiger partial charge < -0.3 is 4.90 Å². The maximum absolute atomic E-state index is 12.9. The summed E-state index contributed by atoms with van der Waals surface area (Å²) in [4.78, 5) is 26.6. The molecule has 0 N–H and O–H groups in total. The number of rotatable bonds is 3. The second kappa shape index (κ2) is 6.12. The van der Waals surface area contributed by atoms with Crippen LogP contribution in [-0.2, 0) is 6.54 Å². The van der Waals surface area contributed by atoms with Crippen molar-refractivity contribution in [2.45, 2.75) is 25.4 Å². The summed E-state index contributed by atoms with van der Waals surface area (Å²) in [5, 5.41) is 4.09. The summed E-state index contributed by atoms with van der Waals surface area (Å²) < 4.78 is 9.77. The third kappa shape index (κ3) is 2.69. The van der Waals surface area contributed by atoms with Crippen LogP contribution in [0.25, 0.3) is 11.0 Å². The Morgan fingerprint density at radius 3 is 3.00 bits per heavy atom. The molecule has 8 heteroatoms. The lowest BCUT2D eigenvalue weighted by Crippen LogP contribution is -2.40. The highest BCUT2D eigenvalue weighted by Gasteiger charge is 2.30. The standard InChI is InChI=1S/C16H15N5O2S/c22-15-4-1-7-17-21(15)10-12-3-2-8-20(12)16(23)11-5-6-13-14(9-11)19-24-18-13/h1,4-7,9,12H,2-3,8,10H2. The fourth-order valence-electron chi connectivity index (χ4n) is 3.10. The van der Waals surface area contributed by atoms with Gasteiger partial charge in [0.25, 0.3) is 11.5 Å². The van der Waals surface area contributed by atoms with Gasteiger partial charge in [0.1, 0.15) is 11.0 Å². The van der Waals surface area contributed by atoms with Gasteiger partial charge in [-0.1, -0.05) is 0 Å². The molecule has 3 heterocycles. The van der Waals surface area contributed by atoms with E-state index in [0.29, 0.717) is 18.7 Å². The molecule has 0 aliphatic carbocycles. The Balaban J connectivity index is 1.58. The number of aromatic nitrogens is 4. The number of benzene rings is 1. The molecule has 0 saturated carbocycles. The smallest absolute Gasteiger partial charge is 0.266 e. The first-order chi connectivity index (χ1) is 11.7. The van der Waals surface area contributed by atoms with E-state index in [2.05, 4.69) is 13.8 Å². The van der Waals surface area contributed by atoms with Gasteiger partial charge in [-0.15, -0.1) is 0 Å². The first-order valence-corrected chi connectivity index (χ1v) is 8.51. The van der Waals surface area contributed by atoms with Crippen molar-refractivity contribution < 1.29 is 4.79 Å². The van der Waals surface area contributed by atoms with E-state index in [0.717, 1.165) is 35.6 Å². The molecular formula is C16H15N5O2S. The number of amides is 1. The minimum absolute atomic E-state index is 0.0191. The van der Waals surface area contributed by atoms with E-state index in [1.807, 2.05) is 11.0 Å². The van der Waals surface area contributed by atoms with Crippen LogP contribution >= 0.6 is 11.7 Å². The highest BCUT2D eigenvalue weighted by atomic mass is 32.1. The number of carbonyl (C=O) groups excluding carboxylic acids is 1. The maximum Gasteiger partial charge on any atom is 0.266 e. The van der Waals surface area contributed by atoms with Crippen LogP contribution in [0.2, 0.25) is 0 Å². The molecule has 1 aliphatic heterocycles. The van der Waals surface area contributed by atoms with Crippen molar-refractivity contribution in [1.82, 2.24) is 23.4 Å². The first kappa shape index (κ1) is 14.9. The predicted octanol–water partition coefficient (Wildman–Crippen LogP) is 1.55. The van der Waals surface area contributed by atoms with Crippen LogP contribution in [0.5, 0.6) is 0 Å². The van der Waals surface area contributed by atoms with Crippen LogP contribution in [0, 0.1) is 0 Å². The van der Waals surface area contributed by atoms with Gasteiger partial charge in [0.05, 0.1) is 24.3 Å². The zero-order valence-corrected chi connectivity index (χ0v) is 13.6. The molecule has 0 bridgehead atoms. The Bertz CT molecular complexity index is 951. The summed E-state index contributed by atoms with van der Waals surface area (Å²) in [6.45, 7) is 1.12. The van der Waals surface area contributed by atoms with Crippen LogP contribution in [0.4, 0.5) is 0 Å². The Hall–Kier alpha value is -2.61. The van der Waals surface area contributed by atoms with Gasteiger partial charge in [-0.2, -0.15) is 13.8 Å². The number of carbonyl (C=O) groups is 1. The fraction of sp³-hybridized carbons (Fsp3) is 0.312. The third-order valence-corrected chi connectivity index (χ3v) is 4.86. The number of hydrogen-bond acceptors (Lipinski definition) is 6. The molecule has 1 fully saturated rings. The molecule has 1 unspecified atom stereocenters. The topological polar surface area (TPSA) is 81.0 Å². The molecule has 7 nitrogen and oxygen atoms in total. The lowest BCUT2D eigenvalue weighted by atomic mass is 10.1. The minimum atomic E-state index is -0.147. The summed E-state index contributed by atoms with van der Waals surface area (Å²) in [7, 11) is 0. The van der Waals surface area contributed by atoms with Crippen molar-refractivity contribution in [2.75, 3.05) is 6.54 Å². The van der Waals surface area contributed by atoms with Crippen molar-refractivity contribution in [3.05, 3.63) is 52.4 Å². The van der Waals surface area contributed by atoms with E-state index in [1.165, 1.54) is 10.7 Å². The number of nitrogens with zero attached hydrogens (tertiary/aromatic N) is 5. The Morgan fingerprint density at radius 1 is 1.25 bits per heavy atom. The zero-order chi connectivity index (χ0) is 16.5. The SMILES string of the molecule is O=C(c1ccc2nsnc2c1)N1CCCC1Cn1ncccc1=O. The quantitative estimate of drug-likeness (QED) is 0.722. The van der Waals surface area contributed by atoms with Gasteiger partial charge in [-0.3, -0.25) is 9.59 Å². The molecule has 122 valence electrons. The average molecular weight is 341 g/mol. The van der Waals surface area contributed by atoms with E-state index < -0.39 is 0 Å². The van der Waals surface area contributed by atoms with Gasteiger partial charge in [0.15, 0.2) is 0 Å². The van der Waals surface area contributed by atoms with Crippen LogP contribution in [-0.4, -0.2) is 41.9 Å². The Morgan fingerprint density at radius 2 is 2.12 bits per heavy atom. The van der Waals surface area contributed by atoms with E-state index in [9.17, 15) is 9.59 Å².